The number of halogens is 1. The van der Waals surface area contributed by atoms with Crippen LogP contribution in [0, 0.1) is 0 Å². The number of nitrogens with two attached hydrogens (primary N) is 1. The van der Waals surface area contributed by atoms with Crippen LogP contribution in [0.4, 0.5) is 0 Å². The van der Waals surface area contributed by atoms with E-state index in [2.05, 4.69) is 9.82 Å². The van der Waals surface area contributed by atoms with Crippen LogP contribution in [0.15, 0.2) is 41.6 Å². The van der Waals surface area contributed by atoms with Gasteiger partial charge in [-0.2, -0.15) is 5.10 Å². The number of ether oxygens (including phenoxy) is 1. The predicted octanol–water partition coefficient (Wildman–Crippen LogP) is 2.10. The Bertz CT molecular complexity index is 780. The fourth-order valence-electron chi connectivity index (χ4n) is 2.46. The van der Waals surface area contributed by atoms with E-state index in [9.17, 15) is 8.42 Å². The van der Waals surface area contributed by atoms with E-state index < -0.39 is 15.6 Å². The molecule has 0 unspecified atom stereocenters. The maximum atomic E-state index is 12.7. The number of benzene rings is 1. The van der Waals surface area contributed by atoms with Crippen LogP contribution in [0.25, 0.3) is 5.69 Å². The number of aromatic nitrogens is 2. The van der Waals surface area contributed by atoms with Crippen molar-refractivity contribution in [3.05, 3.63) is 36.7 Å². The number of methoxy groups -OCH3 is 1. The van der Waals surface area contributed by atoms with E-state index in [-0.39, 0.29) is 23.8 Å². The minimum atomic E-state index is -3.72. The lowest BCUT2D eigenvalue weighted by atomic mass is 9.95. The Morgan fingerprint density at radius 1 is 1.28 bits per heavy atom. The summed E-state index contributed by atoms with van der Waals surface area (Å²) in [6.07, 6.45) is 4.01. The van der Waals surface area contributed by atoms with E-state index in [1.807, 2.05) is 26.0 Å². The highest BCUT2D eigenvalue weighted by molar-refractivity contribution is 7.89. The fraction of sp³-hybridized carbons (Fsp3) is 0.438. The number of rotatable bonds is 8. The van der Waals surface area contributed by atoms with Crippen molar-refractivity contribution < 1.29 is 13.2 Å². The van der Waals surface area contributed by atoms with Crippen molar-refractivity contribution in [1.29, 1.82) is 0 Å². The normalized spacial score (nSPS) is 11.8. The maximum Gasteiger partial charge on any atom is 0.244 e. The lowest BCUT2D eigenvalue weighted by molar-refractivity contribution is 0.363. The quantitative estimate of drug-likeness (QED) is 0.721. The van der Waals surface area contributed by atoms with Gasteiger partial charge in [0.1, 0.15) is 16.3 Å². The summed E-state index contributed by atoms with van der Waals surface area (Å²) in [5, 5.41) is 4.16. The van der Waals surface area contributed by atoms with Gasteiger partial charge in [0.15, 0.2) is 0 Å². The number of sulfonamides is 1. The van der Waals surface area contributed by atoms with E-state index in [1.54, 1.807) is 19.2 Å². The van der Waals surface area contributed by atoms with Gasteiger partial charge in [-0.05, 0) is 25.0 Å². The standard InChI is InChI=1S/C16H24N4O3S.ClH/c1-4-16(5-2,12-17)19-24(21,22)13-10-18-20(11-13)14-8-6-7-9-15(14)23-3;/h6-11,19H,4-5,12,17H2,1-3H3;1H. The van der Waals surface area contributed by atoms with Crippen molar-refractivity contribution in [3.63, 3.8) is 0 Å². The summed E-state index contributed by atoms with van der Waals surface area (Å²) in [5.41, 5.74) is 5.80. The van der Waals surface area contributed by atoms with Crippen LogP contribution in [0.2, 0.25) is 0 Å². The minimum Gasteiger partial charge on any atom is -0.494 e. The molecule has 0 atom stereocenters. The third-order valence-corrected chi connectivity index (χ3v) is 5.83. The molecule has 0 aliphatic rings. The van der Waals surface area contributed by atoms with Gasteiger partial charge in [0.05, 0.1) is 19.5 Å². The molecule has 1 aromatic heterocycles. The number of hydrogen-bond acceptors (Lipinski definition) is 5. The topological polar surface area (TPSA) is 99.2 Å². The molecule has 2 rings (SSSR count). The Morgan fingerprint density at radius 2 is 1.92 bits per heavy atom. The largest absolute Gasteiger partial charge is 0.494 e. The molecule has 0 amide bonds. The van der Waals surface area contributed by atoms with E-state index >= 15 is 0 Å². The first-order chi connectivity index (χ1) is 11.4. The summed E-state index contributed by atoms with van der Waals surface area (Å²) in [7, 11) is -2.16. The molecular formula is C16H25ClN4O3S. The van der Waals surface area contributed by atoms with Crippen LogP contribution < -0.4 is 15.2 Å². The first-order valence-electron chi connectivity index (χ1n) is 7.83. The molecule has 1 heterocycles. The second-order valence-electron chi connectivity index (χ2n) is 5.59. The molecule has 0 radical (unpaired) electrons. The van der Waals surface area contributed by atoms with Crippen LogP contribution in [0.3, 0.4) is 0 Å². The summed E-state index contributed by atoms with van der Waals surface area (Å²) >= 11 is 0. The van der Waals surface area contributed by atoms with Gasteiger partial charge in [0.25, 0.3) is 0 Å². The number of nitrogens with zero attached hydrogens (tertiary/aromatic N) is 2. The zero-order valence-corrected chi connectivity index (χ0v) is 16.2. The Balaban J connectivity index is 0.00000312. The SMILES string of the molecule is CCC(CC)(CN)NS(=O)(=O)c1cnn(-c2ccccc2OC)c1.Cl. The highest BCUT2D eigenvalue weighted by Crippen LogP contribution is 2.23. The molecular weight excluding hydrogens is 364 g/mol. The van der Waals surface area contributed by atoms with Gasteiger partial charge in [-0.25, -0.2) is 17.8 Å². The van der Waals surface area contributed by atoms with Gasteiger partial charge in [0.2, 0.25) is 10.0 Å². The Kier molecular flexibility index (Phi) is 7.43. The summed E-state index contributed by atoms with van der Waals surface area (Å²) in [4.78, 5) is 0.0909. The molecule has 2 aromatic rings. The number of para-hydroxylation sites is 2. The average molecular weight is 389 g/mol. The lowest BCUT2D eigenvalue weighted by Gasteiger charge is -2.30. The van der Waals surface area contributed by atoms with Crippen molar-refractivity contribution in [2.75, 3.05) is 13.7 Å². The van der Waals surface area contributed by atoms with Crippen LogP contribution in [0.5, 0.6) is 5.75 Å². The summed E-state index contributed by atoms with van der Waals surface area (Å²) in [6, 6.07) is 7.26. The molecule has 0 spiro atoms. The van der Waals surface area contributed by atoms with Gasteiger partial charge in [-0.3, -0.25) is 0 Å². The lowest BCUT2D eigenvalue weighted by Crippen LogP contribution is -2.52. The minimum absolute atomic E-state index is 0. The fourth-order valence-corrected chi connectivity index (χ4v) is 3.95. The Hall–Kier alpha value is -1.61. The zero-order chi connectivity index (χ0) is 17.8. The molecule has 3 N–H and O–H groups in total. The molecule has 1 aromatic carbocycles. The third kappa shape index (κ3) is 4.52. The number of nitrogens with one attached hydrogen (secondary N) is 1. The van der Waals surface area contributed by atoms with E-state index in [4.69, 9.17) is 10.5 Å². The Labute approximate surface area is 155 Å². The first-order valence-corrected chi connectivity index (χ1v) is 9.31. The average Bonchev–Trinajstić information content (AvgIpc) is 3.10. The van der Waals surface area contributed by atoms with E-state index in [0.717, 1.165) is 0 Å². The van der Waals surface area contributed by atoms with Crippen molar-refractivity contribution in [3.8, 4) is 11.4 Å². The van der Waals surface area contributed by atoms with Crippen LogP contribution in [-0.4, -0.2) is 37.4 Å². The monoisotopic (exact) mass is 388 g/mol. The Morgan fingerprint density at radius 3 is 2.48 bits per heavy atom. The molecule has 0 saturated heterocycles. The molecule has 0 saturated carbocycles. The second-order valence-corrected chi connectivity index (χ2v) is 7.27. The molecule has 140 valence electrons. The van der Waals surface area contributed by atoms with Gasteiger partial charge >= 0.3 is 0 Å². The second kappa shape index (κ2) is 8.66. The third-order valence-electron chi connectivity index (χ3n) is 4.30. The van der Waals surface area contributed by atoms with E-state index in [0.29, 0.717) is 24.3 Å². The summed E-state index contributed by atoms with van der Waals surface area (Å²) < 4.78 is 34.8. The molecule has 0 bridgehead atoms. The van der Waals surface area contributed by atoms with Crippen molar-refractivity contribution in [2.24, 2.45) is 5.73 Å². The maximum absolute atomic E-state index is 12.7. The van der Waals surface area contributed by atoms with Gasteiger partial charge < -0.3 is 10.5 Å². The molecule has 7 nitrogen and oxygen atoms in total. The summed E-state index contributed by atoms with van der Waals surface area (Å²) in [6.45, 7) is 4.06. The van der Waals surface area contributed by atoms with Crippen LogP contribution >= 0.6 is 12.4 Å². The van der Waals surface area contributed by atoms with Gasteiger partial charge in [0, 0.05) is 12.1 Å². The highest BCUT2D eigenvalue weighted by Gasteiger charge is 2.31. The molecule has 9 heteroatoms. The zero-order valence-electron chi connectivity index (χ0n) is 14.6. The summed E-state index contributed by atoms with van der Waals surface area (Å²) in [5.74, 6) is 0.607. The molecule has 0 aliphatic heterocycles. The van der Waals surface area contributed by atoms with Crippen LogP contribution in [0.1, 0.15) is 26.7 Å². The van der Waals surface area contributed by atoms with Gasteiger partial charge in [-0.15, -0.1) is 12.4 Å². The van der Waals surface area contributed by atoms with Crippen molar-refractivity contribution in [1.82, 2.24) is 14.5 Å². The van der Waals surface area contributed by atoms with Crippen molar-refractivity contribution >= 4 is 22.4 Å². The van der Waals surface area contributed by atoms with Crippen molar-refractivity contribution in [2.45, 2.75) is 37.1 Å². The first kappa shape index (κ1) is 21.4. The number of hydrogen-bond donors (Lipinski definition) is 2. The van der Waals surface area contributed by atoms with E-state index in [1.165, 1.54) is 17.1 Å². The van der Waals surface area contributed by atoms with Crippen LogP contribution in [-0.2, 0) is 10.0 Å². The smallest absolute Gasteiger partial charge is 0.244 e. The highest BCUT2D eigenvalue weighted by atomic mass is 35.5. The predicted molar refractivity (Wildman–Crippen MR) is 100 cm³/mol. The van der Waals surface area contributed by atoms with Gasteiger partial charge in [-0.1, -0.05) is 26.0 Å². The molecule has 25 heavy (non-hydrogen) atoms. The molecule has 0 aliphatic carbocycles. The molecule has 0 fully saturated rings.